The van der Waals surface area contributed by atoms with Crippen LogP contribution in [0.15, 0.2) is 24.5 Å². The summed E-state index contributed by atoms with van der Waals surface area (Å²) in [5.41, 5.74) is 1.12. The molecule has 1 aliphatic rings. The number of halogens is 1. The molecule has 1 unspecified atom stereocenters. The third kappa shape index (κ3) is 5.32. The number of carbonyl (C=O) groups is 2. The van der Waals surface area contributed by atoms with Crippen LogP contribution in [-0.2, 0) is 21.0 Å². The maximum Gasteiger partial charge on any atom is 0.275 e. The molecular formula is C19H25ClN6O4. The number of aliphatic hydroxyl groups is 1. The Morgan fingerprint density at radius 3 is 2.83 bits per heavy atom. The van der Waals surface area contributed by atoms with Crippen LogP contribution >= 0.6 is 11.6 Å². The van der Waals surface area contributed by atoms with E-state index in [4.69, 9.17) is 16.4 Å². The molecule has 0 aliphatic carbocycles. The highest BCUT2D eigenvalue weighted by Crippen LogP contribution is 2.24. The van der Waals surface area contributed by atoms with Gasteiger partial charge in [0.25, 0.3) is 5.91 Å². The second-order valence-corrected chi connectivity index (χ2v) is 8.76. The smallest absolute Gasteiger partial charge is 0.275 e. The van der Waals surface area contributed by atoms with Crippen molar-refractivity contribution < 1.29 is 19.5 Å². The Bertz CT molecular complexity index is 899. The first-order chi connectivity index (χ1) is 14.2. The van der Waals surface area contributed by atoms with Gasteiger partial charge in [-0.1, -0.05) is 32.4 Å². The number of nitrogens with zero attached hydrogens (tertiary/aromatic N) is 5. The SMILES string of the molecule is CC(C)(C)C[C@@H](O)C(=O)N1OCCC1C(=O)NCc1cc(Cl)ccc1-n1cnnn1. The Morgan fingerprint density at radius 1 is 1.40 bits per heavy atom. The second-order valence-electron chi connectivity index (χ2n) is 8.33. The van der Waals surface area contributed by atoms with Crippen molar-refractivity contribution in [1.29, 1.82) is 0 Å². The average molecular weight is 437 g/mol. The Kier molecular flexibility index (Phi) is 6.69. The van der Waals surface area contributed by atoms with E-state index in [0.29, 0.717) is 22.7 Å². The van der Waals surface area contributed by atoms with Crippen molar-refractivity contribution in [3.8, 4) is 5.69 Å². The average Bonchev–Trinajstić information content (AvgIpc) is 3.36. The van der Waals surface area contributed by atoms with Gasteiger partial charge >= 0.3 is 0 Å². The van der Waals surface area contributed by atoms with Gasteiger partial charge in [-0.2, -0.15) is 0 Å². The highest BCUT2D eigenvalue weighted by Gasteiger charge is 2.39. The van der Waals surface area contributed by atoms with Crippen LogP contribution in [0.4, 0.5) is 0 Å². The summed E-state index contributed by atoms with van der Waals surface area (Å²) >= 11 is 6.10. The molecule has 0 saturated carbocycles. The standard InChI is InChI=1S/C19H25ClN6O4/c1-19(2,3)9-16(27)18(29)26-15(6-7-30-26)17(28)21-10-12-8-13(20)4-5-14(12)25-11-22-23-24-25/h4-5,8,11,15-16,27H,6-7,9-10H2,1-3H3,(H,21,28)/t15?,16-/m1/s1. The molecule has 1 aromatic heterocycles. The van der Waals surface area contributed by atoms with Crippen molar-refractivity contribution in [3.05, 3.63) is 35.1 Å². The van der Waals surface area contributed by atoms with E-state index in [1.165, 1.54) is 11.0 Å². The fourth-order valence-corrected chi connectivity index (χ4v) is 3.42. The molecule has 3 rings (SSSR count). The molecule has 2 atom stereocenters. The van der Waals surface area contributed by atoms with E-state index in [1.54, 1.807) is 18.2 Å². The number of carbonyl (C=O) groups excluding carboxylic acids is 2. The maximum absolute atomic E-state index is 12.8. The summed E-state index contributed by atoms with van der Waals surface area (Å²) in [5, 5.41) is 25.7. The lowest BCUT2D eigenvalue weighted by molar-refractivity contribution is -0.188. The lowest BCUT2D eigenvalue weighted by Crippen LogP contribution is -2.49. The molecule has 0 spiro atoms. The predicted octanol–water partition coefficient (Wildman–Crippen LogP) is 1.26. The van der Waals surface area contributed by atoms with Crippen molar-refractivity contribution in [2.75, 3.05) is 6.61 Å². The number of nitrogens with one attached hydrogen (secondary N) is 1. The molecule has 1 fully saturated rings. The zero-order valence-electron chi connectivity index (χ0n) is 17.1. The lowest BCUT2D eigenvalue weighted by atomic mass is 9.89. The van der Waals surface area contributed by atoms with Crippen LogP contribution in [0.2, 0.25) is 5.02 Å². The van der Waals surface area contributed by atoms with Crippen LogP contribution in [0.3, 0.4) is 0 Å². The van der Waals surface area contributed by atoms with E-state index in [2.05, 4.69) is 20.8 Å². The van der Waals surface area contributed by atoms with E-state index < -0.39 is 18.1 Å². The summed E-state index contributed by atoms with van der Waals surface area (Å²) in [4.78, 5) is 30.7. The van der Waals surface area contributed by atoms with Crippen LogP contribution in [0.25, 0.3) is 5.69 Å². The van der Waals surface area contributed by atoms with E-state index in [1.807, 2.05) is 20.8 Å². The third-order valence-electron chi connectivity index (χ3n) is 4.61. The Hall–Kier alpha value is -2.56. The van der Waals surface area contributed by atoms with Gasteiger partial charge in [0.2, 0.25) is 5.91 Å². The number of benzene rings is 1. The molecule has 11 heteroatoms. The van der Waals surface area contributed by atoms with Gasteiger partial charge in [0, 0.05) is 18.0 Å². The van der Waals surface area contributed by atoms with Gasteiger partial charge in [-0.15, -0.1) is 5.10 Å². The van der Waals surface area contributed by atoms with Crippen LogP contribution in [-0.4, -0.2) is 60.9 Å². The van der Waals surface area contributed by atoms with E-state index in [0.717, 1.165) is 5.06 Å². The normalized spacial score (nSPS) is 17.8. The van der Waals surface area contributed by atoms with Crippen molar-refractivity contribution in [3.63, 3.8) is 0 Å². The summed E-state index contributed by atoms with van der Waals surface area (Å²) in [7, 11) is 0. The number of hydrogen-bond acceptors (Lipinski definition) is 7. The molecule has 2 amide bonds. The van der Waals surface area contributed by atoms with E-state index in [-0.39, 0.29) is 30.9 Å². The molecule has 162 valence electrons. The molecule has 0 radical (unpaired) electrons. The fraction of sp³-hybridized carbons (Fsp3) is 0.526. The summed E-state index contributed by atoms with van der Waals surface area (Å²) in [6.45, 7) is 6.14. The third-order valence-corrected chi connectivity index (χ3v) is 4.84. The molecule has 1 aliphatic heterocycles. The van der Waals surface area contributed by atoms with Crippen LogP contribution in [0, 0.1) is 5.41 Å². The lowest BCUT2D eigenvalue weighted by Gasteiger charge is -2.27. The van der Waals surface area contributed by atoms with Crippen LogP contribution < -0.4 is 5.32 Å². The largest absolute Gasteiger partial charge is 0.383 e. The van der Waals surface area contributed by atoms with Crippen LogP contribution in [0.5, 0.6) is 0 Å². The van der Waals surface area contributed by atoms with Crippen LogP contribution in [0.1, 0.15) is 39.2 Å². The van der Waals surface area contributed by atoms with Gasteiger partial charge < -0.3 is 10.4 Å². The van der Waals surface area contributed by atoms with Gasteiger partial charge in [-0.3, -0.25) is 14.4 Å². The first-order valence-electron chi connectivity index (χ1n) is 9.59. The van der Waals surface area contributed by atoms with Crippen molar-refractivity contribution in [1.82, 2.24) is 30.6 Å². The highest BCUT2D eigenvalue weighted by atomic mass is 35.5. The van der Waals surface area contributed by atoms with E-state index in [9.17, 15) is 14.7 Å². The Balaban J connectivity index is 1.68. The molecule has 0 bridgehead atoms. The quantitative estimate of drug-likeness (QED) is 0.698. The molecular weight excluding hydrogens is 412 g/mol. The second kappa shape index (κ2) is 9.07. The minimum atomic E-state index is -1.24. The number of amides is 2. The number of aromatic nitrogens is 4. The van der Waals surface area contributed by atoms with Gasteiger partial charge in [0.1, 0.15) is 18.5 Å². The zero-order chi connectivity index (χ0) is 21.9. The molecule has 2 aromatic rings. The fourth-order valence-electron chi connectivity index (χ4n) is 3.23. The monoisotopic (exact) mass is 436 g/mol. The predicted molar refractivity (Wildman–Crippen MR) is 107 cm³/mol. The maximum atomic E-state index is 12.8. The number of hydroxylamine groups is 2. The minimum absolute atomic E-state index is 0.150. The van der Waals surface area contributed by atoms with Gasteiger partial charge in [0.05, 0.1) is 12.3 Å². The molecule has 10 nitrogen and oxygen atoms in total. The summed E-state index contributed by atoms with van der Waals surface area (Å²) in [6.07, 6.45) is 0.807. The molecule has 2 heterocycles. The van der Waals surface area contributed by atoms with Gasteiger partial charge in [0.15, 0.2) is 0 Å². The van der Waals surface area contributed by atoms with Crippen molar-refractivity contribution in [2.24, 2.45) is 5.41 Å². The highest BCUT2D eigenvalue weighted by molar-refractivity contribution is 6.30. The number of tetrazole rings is 1. The minimum Gasteiger partial charge on any atom is -0.383 e. The first-order valence-corrected chi connectivity index (χ1v) is 9.97. The molecule has 30 heavy (non-hydrogen) atoms. The number of hydrogen-bond donors (Lipinski definition) is 2. The summed E-state index contributed by atoms with van der Waals surface area (Å²) < 4.78 is 1.47. The Labute approximate surface area is 179 Å². The van der Waals surface area contributed by atoms with Gasteiger partial charge in [-0.25, -0.2) is 9.75 Å². The number of aliphatic hydroxyl groups excluding tert-OH is 1. The topological polar surface area (TPSA) is 122 Å². The molecule has 1 aromatic carbocycles. The zero-order valence-corrected chi connectivity index (χ0v) is 17.8. The summed E-state index contributed by atoms with van der Waals surface area (Å²) in [5.74, 6) is -0.994. The van der Waals surface area contributed by atoms with Gasteiger partial charge in [-0.05, 0) is 46.0 Å². The van der Waals surface area contributed by atoms with Crippen molar-refractivity contribution in [2.45, 2.75) is 52.3 Å². The number of rotatable bonds is 6. The molecule has 2 N–H and O–H groups in total. The Morgan fingerprint density at radius 2 is 2.17 bits per heavy atom. The summed E-state index contributed by atoms with van der Waals surface area (Å²) in [6, 6.07) is 4.34. The first kappa shape index (κ1) is 22.1. The molecule has 1 saturated heterocycles. The van der Waals surface area contributed by atoms with Crippen molar-refractivity contribution >= 4 is 23.4 Å². The van der Waals surface area contributed by atoms with E-state index >= 15 is 0 Å².